The van der Waals surface area contributed by atoms with E-state index in [0.29, 0.717) is 5.75 Å². The number of amides is 1. The third-order valence-electron chi connectivity index (χ3n) is 5.02. The number of carbonyl (C=O) groups is 1. The molecule has 0 unspecified atom stereocenters. The zero-order valence-corrected chi connectivity index (χ0v) is 20.4. The molecule has 0 bridgehead atoms. The lowest BCUT2D eigenvalue weighted by molar-refractivity contribution is -0.384. The van der Waals surface area contributed by atoms with Gasteiger partial charge in [0.25, 0.3) is 5.69 Å². The average Bonchev–Trinajstić information content (AvgIpc) is 2.73. The summed E-state index contributed by atoms with van der Waals surface area (Å²) in [7, 11) is -3.89. The second-order valence-corrected chi connectivity index (χ2v) is 10.5. The minimum atomic E-state index is -3.89. The number of hydrogen-bond acceptors (Lipinski definition) is 6. The lowest BCUT2D eigenvalue weighted by Crippen LogP contribution is -2.50. The van der Waals surface area contributed by atoms with Crippen LogP contribution in [0, 0.1) is 10.1 Å². The number of ether oxygens (including phenoxy) is 1. The van der Waals surface area contributed by atoms with Gasteiger partial charge in [0, 0.05) is 12.1 Å². The van der Waals surface area contributed by atoms with Gasteiger partial charge in [-0.1, -0.05) is 45.9 Å². The Bertz CT molecular complexity index is 1080. The van der Waals surface area contributed by atoms with E-state index in [1.165, 1.54) is 23.8 Å². The second-order valence-electron chi connectivity index (χ2n) is 8.67. The topological polar surface area (TPSA) is 119 Å². The van der Waals surface area contributed by atoms with Crippen molar-refractivity contribution < 1.29 is 22.9 Å². The van der Waals surface area contributed by atoms with Gasteiger partial charge in [0.2, 0.25) is 15.9 Å². The number of carbonyl (C=O) groups excluding carboxylic acids is 1. The Morgan fingerprint density at radius 2 is 1.82 bits per heavy atom. The predicted molar refractivity (Wildman–Crippen MR) is 128 cm³/mol. The van der Waals surface area contributed by atoms with Gasteiger partial charge in [0.1, 0.15) is 18.4 Å². The molecule has 1 amide bonds. The van der Waals surface area contributed by atoms with Crippen molar-refractivity contribution in [3.05, 3.63) is 64.2 Å². The van der Waals surface area contributed by atoms with Crippen molar-refractivity contribution in [2.75, 3.05) is 23.7 Å². The second kappa shape index (κ2) is 10.7. The van der Waals surface area contributed by atoms with Gasteiger partial charge in [-0.2, -0.15) is 0 Å². The molecule has 0 aliphatic rings. The summed E-state index contributed by atoms with van der Waals surface area (Å²) in [6.07, 6.45) is 1.14. The van der Waals surface area contributed by atoms with Crippen molar-refractivity contribution in [2.24, 2.45) is 0 Å². The predicted octanol–water partition coefficient (Wildman–Crippen LogP) is 3.63. The van der Waals surface area contributed by atoms with Gasteiger partial charge < -0.3 is 10.1 Å². The fourth-order valence-corrected chi connectivity index (χ4v) is 4.52. The molecule has 9 nitrogen and oxygen atoms in total. The monoisotopic (exact) mass is 477 g/mol. The largest absolute Gasteiger partial charge is 0.492 e. The van der Waals surface area contributed by atoms with Crippen LogP contribution in [-0.2, 0) is 20.2 Å². The van der Waals surface area contributed by atoms with Gasteiger partial charge in [-0.25, -0.2) is 8.42 Å². The number of hydrogen-bond donors (Lipinski definition) is 1. The average molecular weight is 478 g/mol. The first-order valence-corrected chi connectivity index (χ1v) is 12.4. The molecule has 0 spiro atoms. The number of benzene rings is 2. The maximum absolute atomic E-state index is 12.8. The molecule has 0 fully saturated rings. The van der Waals surface area contributed by atoms with E-state index >= 15 is 0 Å². The number of anilines is 1. The zero-order chi connectivity index (χ0) is 24.8. The van der Waals surface area contributed by atoms with Crippen LogP contribution in [0.25, 0.3) is 0 Å². The van der Waals surface area contributed by atoms with E-state index in [0.717, 1.165) is 16.6 Å². The molecule has 2 aromatic carbocycles. The standard InChI is InChI=1S/C23H31N3O6S/c1-6-21(25(33(5,30)31)18-8-7-9-19(16-18)26(28)29)22(27)24-14-15-32-20-12-10-17(11-13-20)23(2,3)4/h7-13,16,21H,6,14-15H2,1-5H3,(H,24,27)/t21-/m0/s1. The highest BCUT2D eigenvalue weighted by molar-refractivity contribution is 7.92. The number of nitrogens with zero attached hydrogens (tertiary/aromatic N) is 2. The Balaban J connectivity index is 2.06. The van der Waals surface area contributed by atoms with Crippen LogP contribution in [0.5, 0.6) is 5.75 Å². The van der Waals surface area contributed by atoms with Gasteiger partial charge in [0.05, 0.1) is 23.4 Å². The number of nitrogens with one attached hydrogen (secondary N) is 1. The van der Waals surface area contributed by atoms with Crippen LogP contribution in [0.3, 0.4) is 0 Å². The van der Waals surface area contributed by atoms with Gasteiger partial charge in [-0.05, 0) is 35.6 Å². The smallest absolute Gasteiger partial charge is 0.271 e. The van der Waals surface area contributed by atoms with Crippen LogP contribution in [-0.4, -0.2) is 44.7 Å². The highest BCUT2D eigenvalue weighted by Crippen LogP contribution is 2.27. The molecule has 0 aliphatic heterocycles. The fraction of sp³-hybridized carbons (Fsp3) is 0.435. The van der Waals surface area contributed by atoms with E-state index in [1.54, 1.807) is 6.92 Å². The molecule has 0 aromatic heterocycles. The molecule has 2 aromatic rings. The summed E-state index contributed by atoms with van der Waals surface area (Å²) in [5.41, 5.74) is 1.01. The van der Waals surface area contributed by atoms with E-state index in [-0.39, 0.29) is 36.4 Å². The summed E-state index contributed by atoms with van der Waals surface area (Å²) in [4.78, 5) is 23.3. The molecule has 2 rings (SSSR count). The Morgan fingerprint density at radius 3 is 2.33 bits per heavy atom. The minimum Gasteiger partial charge on any atom is -0.492 e. The van der Waals surface area contributed by atoms with Crippen molar-refractivity contribution in [1.82, 2.24) is 5.32 Å². The van der Waals surface area contributed by atoms with E-state index in [4.69, 9.17) is 4.74 Å². The third-order valence-corrected chi connectivity index (χ3v) is 6.20. The van der Waals surface area contributed by atoms with Gasteiger partial charge >= 0.3 is 0 Å². The van der Waals surface area contributed by atoms with Crippen molar-refractivity contribution >= 4 is 27.3 Å². The zero-order valence-electron chi connectivity index (χ0n) is 19.6. The molecule has 0 aliphatic carbocycles. The van der Waals surface area contributed by atoms with E-state index in [9.17, 15) is 23.3 Å². The Morgan fingerprint density at radius 1 is 1.18 bits per heavy atom. The molecule has 0 radical (unpaired) electrons. The van der Waals surface area contributed by atoms with Crippen molar-refractivity contribution in [3.63, 3.8) is 0 Å². The first-order chi connectivity index (χ1) is 15.3. The summed E-state index contributed by atoms with van der Waals surface area (Å²) < 4.78 is 31.6. The first-order valence-electron chi connectivity index (χ1n) is 10.6. The molecule has 0 saturated carbocycles. The highest BCUT2D eigenvalue weighted by Gasteiger charge is 2.32. The lowest BCUT2D eigenvalue weighted by atomic mass is 9.87. The van der Waals surface area contributed by atoms with Crippen LogP contribution in [0.4, 0.5) is 11.4 Å². The van der Waals surface area contributed by atoms with Crippen LogP contribution in [0.1, 0.15) is 39.7 Å². The molecule has 33 heavy (non-hydrogen) atoms. The Hall–Kier alpha value is -3.14. The molecular formula is C23H31N3O6S. The number of sulfonamides is 1. The molecule has 0 saturated heterocycles. The van der Waals surface area contributed by atoms with Crippen LogP contribution in [0.2, 0.25) is 0 Å². The maximum atomic E-state index is 12.8. The summed E-state index contributed by atoms with van der Waals surface area (Å²) in [6.45, 7) is 8.41. The summed E-state index contributed by atoms with van der Waals surface area (Å²) in [5.74, 6) is 0.153. The SMILES string of the molecule is CC[C@@H](C(=O)NCCOc1ccc(C(C)(C)C)cc1)N(c1cccc([N+](=O)[O-])c1)S(C)(=O)=O. The molecule has 1 N–H and O–H groups in total. The first kappa shape index (κ1) is 26.1. The maximum Gasteiger partial charge on any atom is 0.271 e. The quantitative estimate of drug-likeness (QED) is 0.317. The molecule has 0 heterocycles. The van der Waals surface area contributed by atoms with Gasteiger partial charge in [-0.3, -0.25) is 19.2 Å². The highest BCUT2D eigenvalue weighted by atomic mass is 32.2. The van der Waals surface area contributed by atoms with Gasteiger partial charge in [0.15, 0.2) is 0 Å². The number of non-ortho nitro benzene ring substituents is 1. The summed E-state index contributed by atoms with van der Waals surface area (Å²) in [5, 5.41) is 13.8. The fourth-order valence-electron chi connectivity index (χ4n) is 3.32. The Labute approximate surface area is 195 Å². The van der Waals surface area contributed by atoms with Gasteiger partial charge in [-0.15, -0.1) is 0 Å². The number of nitro groups is 1. The van der Waals surface area contributed by atoms with Crippen LogP contribution >= 0.6 is 0 Å². The van der Waals surface area contributed by atoms with Crippen molar-refractivity contribution in [1.29, 1.82) is 0 Å². The summed E-state index contributed by atoms with van der Waals surface area (Å²) >= 11 is 0. The lowest BCUT2D eigenvalue weighted by Gasteiger charge is -2.30. The van der Waals surface area contributed by atoms with Crippen molar-refractivity contribution in [2.45, 2.75) is 45.6 Å². The minimum absolute atomic E-state index is 0.0341. The molecule has 180 valence electrons. The number of nitro benzene ring substituents is 1. The van der Waals surface area contributed by atoms with Crippen LogP contribution in [0.15, 0.2) is 48.5 Å². The summed E-state index contributed by atoms with van der Waals surface area (Å²) in [6, 6.07) is 11.9. The van der Waals surface area contributed by atoms with E-state index in [1.807, 2.05) is 24.3 Å². The van der Waals surface area contributed by atoms with E-state index in [2.05, 4.69) is 26.1 Å². The number of rotatable bonds is 10. The Kier molecular flexibility index (Phi) is 8.43. The van der Waals surface area contributed by atoms with Crippen LogP contribution < -0.4 is 14.4 Å². The molecular weight excluding hydrogens is 446 g/mol. The normalized spacial score (nSPS) is 12.6. The third kappa shape index (κ3) is 7.18. The molecule has 10 heteroatoms. The molecule has 1 atom stereocenters. The van der Waals surface area contributed by atoms with Crippen molar-refractivity contribution in [3.8, 4) is 5.75 Å². The van der Waals surface area contributed by atoms with E-state index < -0.39 is 26.9 Å².